The van der Waals surface area contributed by atoms with E-state index in [1.165, 1.54) is 24.7 Å². The maximum absolute atomic E-state index is 12.9. The minimum Gasteiger partial charge on any atom is -0.382 e. The highest BCUT2D eigenvalue weighted by molar-refractivity contribution is 5.92. The van der Waals surface area contributed by atoms with Crippen molar-refractivity contribution in [1.82, 2.24) is 34.2 Å². The average molecular weight is 549 g/mol. The van der Waals surface area contributed by atoms with Gasteiger partial charge in [-0.25, -0.2) is 9.50 Å². The van der Waals surface area contributed by atoms with E-state index in [9.17, 15) is 4.79 Å². The number of hydrogen-bond acceptors (Lipinski definition) is 6. The summed E-state index contributed by atoms with van der Waals surface area (Å²) in [6.07, 6.45) is 8.57. The highest BCUT2D eigenvalue weighted by Crippen LogP contribution is 2.37. The van der Waals surface area contributed by atoms with Crippen molar-refractivity contribution in [3.8, 4) is 11.1 Å². The molecule has 2 aliphatic heterocycles. The summed E-state index contributed by atoms with van der Waals surface area (Å²) in [5.74, 6) is 1.04. The molecule has 9 heteroatoms. The van der Waals surface area contributed by atoms with Crippen LogP contribution in [-0.4, -0.2) is 72.8 Å². The fourth-order valence-electron chi connectivity index (χ4n) is 6.53. The predicted molar refractivity (Wildman–Crippen MR) is 161 cm³/mol. The fraction of sp³-hybridized carbons (Fsp3) is 0.375. The molecule has 0 spiro atoms. The lowest BCUT2D eigenvalue weighted by atomic mass is 9.92. The predicted octanol–water partition coefficient (Wildman–Crippen LogP) is 4.57. The van der Waals surface area contributed by atoms with Crippen molar-refractivity contribution >= 4 is 28.1 Å². The highest BCUT2D eigenvalue weighted by atomic mass is 16.2. The monoisotopic (exact) mass is 548 g/mol. The number of carbonyl (C=O) groups excluding carboxylic acids is 1. The van der Waals surface area contributed by atoms with Crippen LogP contribution in [0.25, 0.3) is 27.5 Å². The van der Waals surface area contributed by atoms with Crippen molar-refractivity contribution in [1.29, 1.82) is 0 Å². The lowest BCUT2D eigenvalue weighted by Gasteiger charge is -2.32. The van der Waals surface area contributed by atoms with Crippen molar-refractivity contribution in [2.24, 2.45) is 0 Å². The maximum Gasteiger partial charge on any atom is 0.223 e. The SMILES string of the molecule is Nc1ncnn2c(C3CCN(C(=O)CCN4CCCC4)CC3)cc(-c3ccc4cn(Cc5ccccc5)nc4c3)c12. The number of piperidine rings is 1. The van der Waals surface area contributed by atoms with Crippen LogP contribution in [0.5, 0.6) is 0 Å². The molecule has 0 saturated carbocycles. The van der Waals surface area contributed by atoms with E-state index >= 15 is 0 Å². The van der Waals surface area contributed by atoms with Gasteiger partial charge in [0.2, 0.25) is 5.91 Å². The number of fused-ring (bicyclic) bond motifs is 2. The lowest BCUT2D eigenvalue weighted by molar-refractivity contribution is -0.132. The molecular weight excluding hydrogens is 512 g/mol. The van der Waals surface area contributed by atoms with E-state index < -0.39 is 0 Å². The first-order valence-electron chi connectivity index (χ1n) is 14.8. The van der Waals surface area contributed by atoms with E-state index in [0.717, 1.165) is 85.4 Å². The summed E-state index contributed by atoms with van der Waals surface area (Å²) in [6.45, 7) is 5.43. The summed E-state index contributed by atoms with van der Waals surface area (Å²) in [6, 6.07) is 19.0. The van der Waals surface area contributed by atoms with Crippen LogP contribution in [0.2, 0.25) is 0 Å². The Bertz CT molecular complexity index is 1680. The first-order chi connectivity index (χ1) is 20.1. The largest absolute Gasteiger partial charge is 0.382 e. The van der Waals surface area contributed by atoms with Crippen LogP contribution in [0.1, 0.15) is 49.3 Å². The molecule has 5 aromatic rings. The van der Waals surface area contributed by atoms with Crippen molar-refractivity contribution in [2.45, 2.75) is 44.6 Å². The van der Waals surface area contributed by atoms with Crippen molar-refractivity contribution in [3.63, 3.8) is 0 Å². The Morgan fingerprint density at radius 2 is 1.78 bits per heavy atom. The molecule has 2 saturated heterocycles. The van der Waals surface area contributed by atoms with Crippen molar-refractivity contribution < 1.29 is 4.79 Å². The van der Waals surface area contributed by atoms with Crippen LogP contribution in [0, 0.1) is 0 Å². The van der Waals surface area contributed by atoms with Gasteiger partial charge in [-0.15, -0.1) is 0 Å². The first-order valence-corrected chi connectivity index (χ1v) is 14.8. The van der Waals surface area contributed by atoms with Gasteiger partial charge in [0.1, 0.15) is 11.8 Å². The molecule has 9 nitrogen and oxygen atoms in total. The van der Waals surface area contributed by atoms with Crippen LogP contribution in [0.15, 0.2) is 67.1 Å². The molecule has 0 radical (unpaired) electrons. The summed E-state index contributed by atoms with van der Waals surface area (Å²) in [7, 11) is 0. The van der Waals surface area contributed by atoms with Gasteiger partial charge in [-0.05, 0) is 62.0 Å². The average Bonchev–Trinajstić information content (AvgIpc) is 3.75. The fourth-order valence-corrected chi connectivity index (χ4v) is 6.53. The van der Waals surface area contributed by atoms with Gasteiger partial charge in [0, 0.05) is 54.8 Å². The second kappa shape index (κ2) is 11.0. The van der Waals surface area contributed by atoms with E-state index in [-0.39, 0.29) is 5.91 Å². The molecule has 0 bridgehead atoms. The van der Waals surface area contributed by atoms with Gasteiger partial charge < -0.3 is 15.5 Å². The molecule has 5 heterocycles. The standard InChI is InChI=1S/C32H36N8O/c33-32-31-27(25-8-9-26-21-39(36-28(26)18-25)20-23-6-2-1-3-7-23)19-29(40(31)35-22-34-32)24-10-16-38(17-11-24)30(41)12-15-37-13-4-5-14-37/h1-3,6-9,18-19,21-22,24H,4-5,10-17,20H2,(H2,33,34,35). The third kappa shape index (κ3) is 5.17. The summed E-state index contributed by atoms with van der Waals surface area (Å²) >= 11 is 0. The normalized spacial score (nSPS) is 16.7. The zero-order valence-electron chi connectivity index (χ0n) is 23.3. The number of nitrogens with zero attached hydrogens (tertiary/aromatic N) is 7. The number of carbonyl (C=O) groups is 1. The molecule has 2 N–H and O–H groups in total. The van der Waals surface area contributed by atoms with Crippen LogP contribution in [-0.2, 0) is 11.3 Å². The molecule has 41 heavy (non-hydrogen) atoms. The quantitative estimate of drug-likeness (QED) is 0.320. The van der Waals surface area contributed by atoms with Gasteiger partial charge in [-0.1, -0.05) is 42.5 Å². The summed E-state index contributed by atoms with van der Waals surface area (Å²) in [5.41, 5.74) is 12.6. The molecule has 2 fully saturated rings. The van der Waals surface area contributed by atoms with Gasteiger partial charge in [-0.2, -0.15) is 10.2 Å². The van der Waals surface area contributed by atoms with Gasteiger partial charge in [0.25, 0.3) is 0 Å². The molecule has 1 amide bonds. The number of anilines is 1. The summed E-state index contributed by atoms with van der Waals surface area (Å²) < 4.78 is 3.95. The molecule has 3 aromatic heterocycles. The second-order valence-electron chi connectivity index (χ2n) is 11.4. The molecule has 2 aromatic carbocycles. The van der Waals surface area contributed by atoms with E-state index in [2.05, 4.69) is 69.7 Å². The van der Waals surface area contributed by atoms with Gasteiger partial charge in [0.15, 0.2) is 5.82 Å². The van der Waals surface area contributed by atoms with Crippen molar-refractivity contribution in [2.75, 3.05) is 38.5 Å². The van der Waals surface area contributed by atoms with Crippen LogP contribution in [0.3, 0.4) is 0 Å². The number of aromatic nitrogens is 5. The first kappa shape index (κ1) is 25.7. The Morgan fingerprint density at radius 3 is 2.59 bits per heavy atom. The van der Waals surface area contributed by atoms with Gasteiger partial charge >= 0.3 is 0 Å². The van der Waals surface area contributed by atoms with Gasteiger partial charge in [-0.3, -0.25) is 9.48 Å². The van der Waals surface area contributed by atoms with E-state index in [1.54, 1.807) is 0 Å². The molecule has 0 unspecified atom stereocenters. The number of rotatable bonds is 7. The number of benzene rings is 2. The third-order valence-electron chi connectivity index (χ3n) is 8.77. The Labute approximate surface area is 239 Å². The zero-order valence-corrected chi connectivity index (χ0v) is 23.3. The molecule has 0 atom stereocenters. The molecule has 210 valence electrons. The second-order valence-corrected chi connectivity index (χ2v) is 11.4. The number of amides is 1. The van der Waals surface area contributed by atoms with Crippen LogP contribution in [0.4, 0.5) is 5.82 Å². The Balaban J connectivity index is 1.12. The minimum absolute atomic E-state index is 0.280. The maximum atomic E-state index is 12.9. The molecule has 7 rings (SSSR count). The van der Waals surface area contributed by atoms with Gasteiger partial charge in [0.05, 0.1) is 12.1 Å². The number of nitrogens with two attached hydrogens (primary N) is 1. The number of hydrogen-bond donors (Lipinski definition) is 1. The smallest absolute Gasteiger partial charge is 0.223 e. The molecule has 0 aliphatic carbocycles. The van der Waals surface area contributed by atoms with Crippen molar-refractivity contribution in [3.05, 3.63) is 78.4 Å². The number of likely N-dealkylation sites (tertiary alicyclic amines) is 2. The number of nitrogen functional groups attached to an aromatic ring is 1. The van der Waals surface area contributed by atoms with Crippen LogP contribution >= 0.6 is 0 Å². The Kier molecular flexibility index (Phi) is 6.88. The summed E-state index contributed by atoms with van der Waals surface area (Å²) in [4.78, 5) is 21.7. The minimum atomic E-state index is 0.280. The van der Waals surface area contributed by atoms with E-state index in [1.807, 2.05) is 20.2 Å². The highest BCUT2D eigenvalue weighted by Gasteiger charge is 2.28. The Morgan fingerprint density at radius 1 is 0.976 bits per heavy atom. The summed E-state index contributed by atoms with van der Waals surface area (Å²) in [5, 5.41) is 10.6. The zero-order chi connectivity index (χ0) is 27.8. The Hall–Kier alpha value is -4.24. The molecular formula is C32H36N8O. The van der Waals surface area contributed by atoms with E-state index in [4.69, 9.17) is 10.8 Å². The lowest BCUT2D eigenvalue weighted by Crippen LogP contribution is -2.39. The van der Waals surface area contributed by atoms with E-state index in [0.29, 0.717) is 18.2 Å². The van der Waals surface area contributed by atoms with Crippen LogP contribution < -0.4 is 5.73 Å². The third-order valence-corrected chi connectivity index (χ3v) is 8.77. The topological polar surface area (TPSA) is 97.6 Å². The molecule has 2 aliphatic rings.